The smallest absolute Gasteiger partial charge is 0.186 e. The largest absolute Gasteiger partial charge is 0.412 e. The van der Waals surface area contributed by atoms with Gasteiger partial charge in [0.1, 0.15) is 24.4 Å². The van der Waals surface area contributed by atoms with E-state index in [1.54, 1.807) is 0 Å². The number of ether oxygens (including phenoxy) is 2. The van der Waals surface area contributed by atoms with Crippen molar-refractivity contribution >= 4 is 0 Å². The summed E-state index contributed by atoms with van der Waals surface area (Å²) in [4.78, 5) is 0. The van der Waals surface area contributed by atoms with E-state index in [1.165, 1.54) is 19.3 Å². The van der Waals surface area contributed by atoms with Crippen LogP contribution in [0.4, 0.5) is 0 Å². The van der Waals surface area contributed by atoms with Crippen LogP contribution < -0.4 is 0 Å². The Bertz CT molecular complexity index is 249. The van der Waals surface area contributed by atoms with Crippen LogP contribution in [0.5, 0.6) is 0 Å². The first-order chi connectivity index (χ1) is 9.61. The molecule has 1 rings (SSSR count). The number of rotatable bonds is 9. The molecular formula is C14H30O7. The molecule has 7 nitrogen and oxygen atoms in total. The van der Waals surface area contributed by atoms with Gasteiger partial charge in [-0.2, -0.15) is 0 Å². The molecule has 1 saturated heterocycles. The van der Waals surface area contributed by atoms with Crippen molar-refractivity contribution in [1.82, 2.24) is 0 Å². The molecule has 0 aromatic carbocycles. The molecular weight excluding hydrogens is 280 g/mol. The molecule has 5 atom stereocenters. The lowest BCUT2D eigenvalue weighted by Crippen LogP contribution is -2.59. The Morgan fingerprint density at radius 1 is 0.905 bits per heavy atom. The standard InChI is InChI=1S/C14H28O6.H2O/c1-2-3-4-5-6-7-8-19-14-13(18)12(17)11(16)10(9-15)20-14;/h10-18H,2-9H2,1H3;1H2/t10-,11-,12+,13-,14+;/m1./s1. The Hall–Kier alpha value is -0.280. The van der Waals surface area contributed by atoms with E-state index in [-0.39, 0.29) is 5.48 Å². The fourth-order valence-corrected chi connectivity index (χ4v) is 2.29. The van der Waals surface area contributed by atoms with Crippen LogP contribution in [0.3, 0.4) is 0 Å². The van der Waals surface area contributed by atoms with Crippen LogP contribution in [0, 0.1) is 0 Å². The van der Waals surface area contributed by atoms with Crippen LogP contribution in [0.25, 0.3) is 0 Å². The molecule has 21 heavy (non-hydrogen) atoms. The maximum absolute atomic E-state index is 9.75. The second-order valence-electron chi connectivity index (χ2n) is 5.34. The molecule has 0 aromatic rings. The minimum Gasteiger partial charge on any atom is -0.412 e. The van der Waals surface area contributed by atoms with Crippen molar-refractivity contribution in [3.05, 3.63) is 0 Å². The summed E-state index contributed by atoms with van der Waals surface area (Å²) in [5.41, 5.74) is 0. The Balaban J connectivity index is 0.00000400. The summed E-state index contributed by atoms with van der Waals surface area (Å²) in [6.07, 6.45) is 0.851. The number of unbranched alkanes of at least 4 members (excludes halogenated alkanes) is 5. The first-order valence-electron chi connectivity index (χ1n) is 7.54. The molecule has 0 bridgehead atoms. The van der Waals surface area contributed by atoms with Crippen LogP contribution in [-0.4, -0.2) is 69.8 Å². The minimum atomic E-state index is -1.37. The predicted octanol–water partition coefficient (Wildman–Crippen LogP) is -0.661. The summed E-state index contributed by atoms with van der Waals surface area (Å²) in [7, 11) is 0. The molecule has 1 heterocycles. The summed E-state index contributed by atoms with van der Waals surface area (Å²) in [5, 5.41) is 38.0. The predicted molar refractivity (Wildman–Crippen MR) is 76.7 cm³/mol. The molecule has 1 fully saturated rings. The van der Waals surface area contributed by atoms with Crippen LogP contribution >= 0.6 is 0 Å². The van der Waals surface area contributed by atoms with E-state index in [2.05, 4.69) is 6.92 Å². The maximum atomic E-state index is 9.75. The van der Waals surface area contributed by atoms with Gasteiger partial charge < -0.3 is 35.4 Å². The molecule has 0 spiro atoms. The van der Waals surface area contributed by atoms with E-state index in [0.29, 0.717) is 6.61 Å². The zero-order chi connectivity index (χ0) is 15.0. The molecule has 7 heteroatoms. The molecule has 0 aliphatic carbocycles. The Morgan fingerprint density at radius 3 is 2.14 bits per heavy atom. The van der Waals surface area contributed by atoms with E-state index in [9.17, 15) is 15.3 Å². The van der Waals surface area contributed by atoms with Crippen molar-refractivity contribution < 1.29 is 35.4 Å². The van der Waals surface area contributed by atoms with E-state index < -0.39 is 37.3 Å². The van der Waals surface area contributed by atoms with Crippen molar-refractivity contribution in [3.63, 3.8) is 0 Å². The summed E-state index contributed by atoms with van der Waals surface area (Å²) in [6.45, 7) is 2.17. The van der Waals surface area contributed by atoms with Gasteiger partial charge >= 0.3 is 0 Å². The molecule has 0 amide bonds. The zero-order valence-electron chi connectivity index (χ0n) is 12.6. The molecule has 0 aromatic heterocycles. The van der Waals surface area contributed by atoms with Gasteiger partial charge in [-0.3, -0.25) is 0 Å². The minimum absolute atomic E-state index is 0. The topological polar surface area (TPSA) is 131 Å². The fraction of sp³-hybridized carbons (Fsp3) is 1.00. The second kappa shape index (κ2) is 11.3. The molecule has 1 aliphatic heterocycles. The zero-order valence-corrected chi connectivity index (χ0v) is 12.6. The lowest BCUT2D eigenvalue weighted by Gasteiger charge is -2.39. The van der Waals surface area contributed by atoms with Gasteiger partial charge in [0.25, 0.3) is 0 Å². The summed E-state index contributed by atoms with van der Waals surface area (Å²) in [6, 6.07) is 0. The Morgan fingerprint density at radius 2 is 1.52 bits per heavy atom. The van der Waals surface area contributed by atoms with Gasteiger partial charge in [0.15, 0.2) is 6.29 Å². The number of aliphatic hydroxyl groups is 4. The van der Waals surface area contributed by atoms with Crippen LogP contribution in [0.2, 0.25) is 0 Å². The molecule has 0 unspecified atom stereocenters. The first-order valence-corrected chi connectivity index (χ1v) is 7.54. The number of aliphatic hydroxyl groups excluding tert-OH is 4. The fourth-order valence-electron chi connectivity index (χ4n) is 2.29. The summed E-state index contributed by atoms with van der Waals surface area (Å²) >= 11 is 0. The van der Waals surface area contributed by atoms with Crippen molar-refractivity contribution in [2.75, 3.05) is 13.2 Å². The summed E-state index contributed by atoms with van der Waals surface area (Å²) < 4.78 is 10.6. The highest BCUT2D eigenvalue weighted by Crippen LogP contribution is 2.22. The van der Waals surface area contributed by atoms with Gasteiger partial charge in [-0.05, 0) is 6.42 Å². The highest BCUT2D eigenvalue weighted by atomic mass is 16.7. The molecule has 0 radical (unpaired) electrons. The number of hydrogen-bond acceptors (Lipinski definition) is 6. The maximum Gasteiger partial charge on any atom is 0.186 e. The van der Waals surface area contributed by atoms with E-state index in [4.69, 9.17) is 14.6 Å². The van der Waals surface area contributed by atoms with Crippen LogP contribution in [0.1, 0.15) is 45.4 Å². The highest BCUT2D eigenvalue weighted by molar-refractivity contribution is 4.88. The van der Waals surface area contributed by atoms with E-state index in [1.807, 2.05) is 0 Å². The second-order valence-corrected chi connectivity index (χ2v) is 5.34. The molecule has 0 saturated carbocycles. The average Bonchev–Trinajstić information content (AvgIpc) is 2.46. The van der Waals surface area contributed by atoms with E-state index >= 15 is 0 Å². The first kappa shape index (κ1) is 20.7. The average molecular weight is 310 g/mol. The highest BCUT2D eigenvalue weighted by Gasteiger charge is 2.43. The van der Waals surface area contributed by atoms with Crippen molar-refractivity contribution in [1.29, 1.82) is 0 Å². The molecule has 128 valence electrons. The Kier molecular flexibility index (Phi) is 11.2. The van der Waals surface area contributed by atoms with Gasteiger partial charge in [0.05, 0.1) is 6.61 Å². The summed E-state index contributed by atoms with van der Waals surface area (Å²) in [5.74, 6) is 0. The quantitative estimate of drug-likeness (QED) is 0.418. The van der Waals surface area contributed by atoms with Gasteiger partial charge in [0, 0.05) is 6.61 Å². The van der Waals surface area contributed by atoms with Crippen molar-refractivity contribution in [2.24, 2.45) is 0 Å². The third-order valence-corrected chi connectivity index (χ3v) is 3.63. The van der Waals surface area contributed by atoms with Gasteiger partial charge in [-0.1, -0.05) is 39.0 Å². The van der Waals surface area contributed by atoms with Gasteiger partial charge in [-0.25, -0.2) is 0 Å². The normalized spacial score (nSPS) is 32.7. The van der Waals surface area contributed by atoms with Crippen LogP contribution in [-0.2, 0) is 9.47 Å². The Labute approximate surface area is 125 Å². The van der Waals surface area contributed by atoms with Gasteiger partial charge in [-0.15, -0.1) is 0 Å². The third-order valence-electron chi connectivity index (χ3n) is 3.63. The van der Waals surface area contributed by atoms with E-state index in [0.717, 1.165) is 19.3 Å². The molecule has 6 N–H and O–H groups in total. The lowest BCUT2D eigenvalue weighted by atomic mass is 9.99. The van der Waals surface area contributed by atoms with Crippen molar-refractivity contribution in [2.45, 2.75) is 76.2 Å². The lowest BCUT2D eigenvalue weighted by molar-refractivity contribution is -0.301. The molecule has 1 aliphatic rings. The van der Waals surface area contributed by atoms with Crippen molar-refractivity contribution in [3.8, 4) is 0 Å². The van der Waals surface area contributed by atoms with Crippen LogP contribution in [0.15, 0.2) is 0 Å². The monoisotopic (exact) mass is 310 g/mol. The van der Waals surface area contributed by atoms with Gasteiger partial charge in [0.2, 0.25) is 0 Å². The third kappa shape index (κ3) is 6.56. The SMILES string of the molecule is CCCCCCCCO[C@H]1O[C@H](CO)[C@@H](O)[C@H](O)[C@H]1O.O. The number of hydrogen-bond donors (Lipinski definition) is 4.